The van der Waals surface area contributed by atoms with Crippen molar-refractivity contribution in [2.45, 2.75) is 143 Å². The molecule has 0 aromatic heterocycles. The summed E-state index contributed by atoms with van der Waals surface area (Å²) in [7, 11) is 0. The van der Waals surface area contributed by atoms with Crippen molar-refractivity contribution in [2.24, 2.45) is 16.8 Å². The highest BCUT2D eigenvalue weighted by molar-refractivity contribution is 5.80. The molecular formula is C27H54BrN3. The van der Waals surface area contributed by atoms with Gasteiger partial charge in [0, 0.05) is 0 Å². The molecule has 0 fully saturated rings. The van der Waals surface area contributed by atoms with Crippen LogP contribution in [0.3, 0.4) is 0 Å². The van der Waals surface area contributed by atoms with Crippen LogP contribution >= 0.6 is 0 Å². The lowest BCUT2D eigenvalue weighted by atomic mass is 9.95. The Morgan fingerprint density at radius 2 is 1.13 bits per heavy atom. The smallest absolute Gasteiger partial charge is 0.230 e. The molecule has 1 heterocycles. The fourth-order valence-corrected chi connectivity index (χ4v) is 4.76. The number of unbranched alkanes of at least 4 members (excludes halogenated alkanes) is 16. The molecule has 1 aliphatic rings. The minimum Gasteiger partial charge on any atom is -1.00 e. The molecule has 2 atom stereocenters. The maximum absolute atomic E-state index is 6.46. The number of quaternary nitrogens is 1. The zero-order valence-electron chi connectivity index (χ0n) is 21.2. The van der Waals surface area contributed by atoms with E-state index in [1.807, 2.05) is 12.4 Å². The Hall–Kier alpha value is -0.190. The van der Waals surface area contributed by atoms with Crippen molar-refractivity contribution in [3.63, 3.8) is 0 Å². The van der Waals surface area contributed by atoms with Crippen molar-refractivity contribution in [2.75, 3.05) is 6.54 Å². The highest BCUT2D eigenvalue weighted by Crippen LogP contribution is 2.24. The summed E-state index contributed by atoms with van der Waals surface area (Å²) in [6, 6.07) is 0. The summed E-state index contributed by atoms with van der Waals surface area (Å²) in [6.45, 7) is 7.61. The van der Waals surface area contributed by atoms with Gasteiger partial charge < -0.3 is 17.0 Å². The SMILES string of the molecule is CCCCCCCCCCCCCCCCCCCC(CC)C1=NC=C[N+]1(N)CC.[Br-]. The standard InChI is InChI=1S/C27H54N3.BrH/c1-4-7-8-9-10-11-12-13-14-15-16-17-18-19-20-21-22-23-26(5-2)27-29-24-25-30(27,28)6-3;/h24-26H,4-23,28H2,1-3H3;1H/q+1;/p-1. The molecule has 0 bridgehead atoms. The van der Waals surface area contributed by atoms with E-state index in [2.05, 4.69) is 25.8 Å². The molecule has 0 radical (unpaired) electrons. The number of amidine groups is 1. The van der Waals surface area contributed by atoms with E-state index >= 15 is 0 Å². The van der Waals surface area contributed by atoms with E-state index in [9.17, 15) is 0 Å². The van der Waals surface area contributed by atoms with Gasteiger partial charge in [-0.15, -0.1) is 0 Å². The lowest BCUT2D eigenvalue weighted by Crippen LogP contribution is -3.00. The molecule has 2 N–H and O–H groups in total. The van der Waals surface area contributed by atoms with Crippen molar-refractivity contribution < 1.29 is 21.6 Å². The number of hydrogen-bond acceptors (Lipinski definition) is 2. The van der Waals surface area contributed by atoms with Crippen LogP contribution < -0.4 is 22.8 Å². The average Bonchev–Trinajstić information content (AvgIpc) is 3.15. The van der Waals surface area contributed by atoms with Crippen molar-refractivity contribution in [3.05, 3.63) is 12.4 Å². The van der Waals surface area contributed by atoms with E-state index in [1.165, 1.54) is 121 Å². The molecule has 0 saturated carbocycles. The summed E-state index contributed by atoms with van der Waals surface area (Å²) < 4.78 is 0.428. The van der Waals surface area contributed by atoms with Crippen molar-refractivity contribution in [1.29, 1.82) is 0 Å². The molecule has 0 aromatic rings. The first kappa shape index (κ1) is 30.8. The molecule has 31 heavy (non-hydrogen) atoms. The third kappa shape index (κ3) is 13.8. The van der Waals surface area contributed by atoms with Gasteiger partial charge in [0.1, 0.15) is 12.7 Å². The fraction of sp³-hybridized carbons (Fsp3) is 0.889. The summed E-state index contributed by atoms with van der Waals surface area (Å²) >= 11 is 0. The van der Waals surface area contributed by atoms with Crippen LogP contribution in [-0.4, -0.2) is 17.0 Å². The summed E-state index contributed by atoms with van der Waals surface area (Å²) in [6.07, 6.45) is 30.7. The van der Waals surface area contributed by atoms with Gasteiger partial charge in [-0.2, -0.15) is 10.4 Å². The summed E-state index contributed by atoms with van der Waals surface area (Å²) in [5, 5.41) is 0. The molecule has 4 heteroatoms. The Bertz CT molecular complexity index is 463. The predicted molar refractivity (Wildman–Crippen MR) is 134 cm³/mol. The Balaban J connectivity index is 0.00000900. The van der Waals surface area contributed by atoms with Gasteiger partial charge in [0.15, 0.2) is 0 Å². The molecule has 0 amide bonds. The molecule has 0 aliphatic carbocycles. The Labute approximate surface area is 205 Å². The van der Waals surface area contributed by atoms with Crippen LogP contribution in [0.1, 0.15) is 143 Å². The number of nitrogens with two attached hydrogens (primary N) is 1. The van der Waals surface area contributed by atoms with Crippen LogP contribution in [0, 0.1) is 5.92 Å². The minimum atomic E-state index is 0. The maximum atomic E-state index is 6.46. The average molecular weight is 501 g/mol. The summed E-state index contributed by atoms with van der Waals surface area (Å²) in [5.41, 5.74) is 0. The van der Waals surface area contributed by atoms with Crippen LogP contribution in [0.5, 0.6) is 0 Å². The number of nitrogens with zero attached hydrogens (tertiary/aromatic N) is 2. The van der Waals surface area contributed by atoms with Gasteiger partial charge in [-0.25, -0.2) is 4.99 Å². The second-order valence-electron chi connectivity index (χ2n) is 9.58. The lowest BCUT2D eigenvalue weighted by Gasteiger charge is -2.28. The number of hydrogen-bond donors (Lipinski definition) is 1. The summed E-state index contributed by atoms with van der Waals surface area (Å²) in [4.78, 5) is 4.61. The predicted octanol–water partition coefficient (Wildman–Crippen LogP) is 5.65. The zero-order valence-corrected chi connectivity index (χ0v) is 22.8. The topological polar surface area (TPSA) is 38.4 Å². The molecule has 0 spiro atoms. The van der Waals surface area contributed by atoms with Crippen LogP contribution in [-0.2, 0) is 0 Å². The van der Waals surface area contributed by atoms with Gasteiger partial charge in [-0.3, -0.25) is 0 Å². The first-order valence-electron chi connectivity index (χ1n) is 13.6. The number of halogens is 1. The third-order valence-corrected chi connectivity index (χ3v) is 7.00. The van der Waals surface area contributed by atoms with Gasteiger partial charge in [-0.05, 0) is 19.8 Å². The largest absolute Gasteiger partial charge is 1.00 e. The molecule has 1 aliphatic heterocycles. The molecule has 2 unspecified atom stereocenters. The van der Waals surface area contributed by atoms with Crippen LogP contribution in [0.25, 0.3) is 0 Å². The summed E-state index contributed by atoms with van der Waals surface area (Å²) in [5.74, 6) is 8.19. The Kier molecular flexibility index (Phi) is 20.3. The zero-order chi connectivity index (χ0) is 21.9. The quantitative estimate of drug-likeness (QED) is 0.123. The van der Waals surface area contributed by atoms with Crippen molar-refractivity contribution >= 4 is 5.84 Å². The number of aliphatic imine (C=N–C) groups is 1. The van der Waals surface area contributed by atoms with E-state index in [0.29, 0.717) is 10.5 Å². The first-order valence-corrected chi connectivity index (χ1v) is 13.6. The fourth-order valence-electron chi connectivity index (χ4n) is 4.76. The first-order chi connectivity index (χ1) is 14.7. The molecule has 1 rings (SSSR count). The maximum Gasteiger partial charge on any atom is 0.230 e. The monoisotopic (exact) mass is 499 g/mol. The highest BCUT2D eigenvalue weighted by Gasteiger charge is 2.35. The van der Waals surface area contributed by atoms with E-state index in [1.54, 1.807) is 0 Å². The van der Waals surface area contributed by atoms with Crippen molar-refractivity contribution in [1.82, 2.24) is 0 Å². The van der Waals surface area contributed by atoms with Gasteiger partial charge in [0.05, 0.1) is 12.1 Å². The van der Waals surface area contributed by atoms with Crippen molar-refractivity contribution in [3.8, 4) is 0 Å². The lowest BCUT2D eigenvalue weighted by molar-refractivity contribution is -0.799. The molecule has 3 nitrogen and oxygen atoms in total. The molecule has 0 aromatic carbocycles. The van der Waals surface area contributed by atoms with Gasteiger partial charge in [0.2, 0.25) is 5.84 Å². The van der Waals surface area contributed by atoms with Crippen LogP contribution in [0.4, 0.5) is 0 Å². The Morgan fingerprint density at radius 1 is 0.710 bits per heavy atom. The van der Waals surface area contributed by atoms with Gasteiger partial charge >= 0.3 is 0 Å². The molecule has 0 saturated heterocycles. The van der Waals surface area contributed by atoms with Gasteiger partial charge in [0.25, 0.3) is 0 Å². The molecular weight excluding hydrogens is 446 g/mol. The van der Waals surface area contributed by atoms with E-state index in [0.717, 1.165) is 13.0 Å². The van der Waals surface area contributed by atoms with E-state index in [-0.39, 0.29) is 17.0 Å². The normalized spacial score (nSPS) is 18.8. The second-order valence-corrected chi connectivity index (χ2v) is 9.58. The third-order valence-electron chi connectivity index (χ3n) is 7.00. The Morgan fingerprint density at radius 3 is 1.52 bits per heavy atom. The van der Waals surface area contributed by atoms with Crippen LogP contribution in [0.15, 0.2) is 17.4 Å². The van der Waals surface area contributed by atoms with Crippen LogP contribution in [0.2, 0.25) is 0 Å². The molecule has 184 valence electrons. The van der Waals surface area contributed by atoms with E-state index < -0.39 is 0 Å². The minimum absolute atomic E-state index is 0. The number of rotatable bonds is 21. The highest BCUT2D eigenvalue weighted by atomic mass is 79.9. The second kappa shape index (κ2) is 20.4. The van der Waals surface area contributed by atoms with Gasteiger partial charge in [-0.1, -0.05) is 123 Å². The van der Waals surface area contributed by atoms with E-state index in [4.69, 9.17) is 5.84 Å².